The van der Waals surface area contributed by atoms with Crippen LogP contribution in [0.15, 0.2) is 24.3 Å². The average molecular weight is 400 g/mol. The summed E-state index contributed by atoms with van der Waals surface area (Å²) in [5.41, 5.74) is 2.45. The highest BCUT2D eigenvalue weighted by molar-refractivity contribution is 7.17. The van der Waals surface area contributed by atoms with Crippen LogP contribution < -0.4 is 10.6 Å². The topological polar surface area (TPSA) is 71.1 Å². The Hall–Kier alpha value is -2.21. The summed E-state index contributed by atoms with van der Waals surface area (Å²) in [5.74, 6) is -0.301. The summed E-state index contributed by atoms with van der Waals surface area (Å²) in [6, 6.07) is 7.86. The van der Waals surface area contributed by atoms with Crippen LogP contribution in [0.2, 0.25) is 0 Å². The van der Waals surface area contributed by atoms with E-state index in [1.54, 1.807) is 6.92 Å². The van der Waals surface area contributed by atoms with Crippen LogP contribution in [0.25, 0.3) is 0 Å². The molecule has 0 spiro atoms. The van der Waals surface area contributed by atoms with Crippen molar-refractivity contribution < 1.29 is 9.59 Å². The first-order valence-corrected chi connectivity index (χ1v) is 10.8. The minimum Gasteiger partial charge on any atom is -0.349 e. The number of thiazole rings is 1. The number of rotatable bonds is 4. The lowest BCUT2D eigenvalue weighted by molar-refractivity contribution is 0.0930. The van der Waals surface area contributed by atoms with Gasteiger partial charge in [0.05, 0.1) is 5.69 Å². The third kappa shape index (κ3) is 4.98. The zero-order valence-corrected chi connectivity index (χ0v) is 17.9. The van der Waals surface area contributed by atoms with E-state index >= 15 is 0 Å². The highest BCUT2D eigenvalue weighted by atomic mass is 32.1. The lowest BCUT2D eigenvalue weighted by Crippen LogP contribution is -2.36. The van der Waals surface area contributed by atoms with Crippen molar-refractivity contribution in [3.63, 3.8) is 0 Å². The van der Waals surface area contributed by atoms with Crippen LogP contribution in [0, 0.1) is 6.92 Å². The molecule has 0 radical (unpaired) electrons. The van der Waals surface area contributed by atoms with Crippen molar-refractivity contribution in [1.29, 1.82) is 0 Å². The third-order valence-electron chi connectivity index (χ3n) is 5.18. The molecule has 1 saturated carbocycles. The Labute approximate surface area is 171 Å². The molecule has 0 aliphatic heterocycles. The number of hydrogen-bond acceptors (Lipinski definition) is 4. The molecule has 150 valence electrons. The Balaban J connectivity index is 1.65. The van der Waals surface area contributed by atoms with Crippen LogP contribution >= 0.6 is 11.3 Å². The molecule has 1 aromatic carbocycles. The second-order valence-corrected chi connectivity index (χ2v) is 9.52. The summed E-state index contributed by atoms with van der Waals surface area (Å²) in [6.45, 7) is 8.22. The first-order chi connectivity index (χ1) is 13.2. The Bertz CT molecular complexity index is 844. The zero-order valence-electron chi connectivity index (χ0n) is 17.1. The van der Waals surface area contributed by atoms with Gasteiger partial charge in [0.2, 0.25) is 0 Å². The van der Waals surface area contributed by atoms with E-state index in [-0.39, 0.29) is 23.3 Å². The van der Waals surface area contributed by atoms with Crippen molar-refractivity contribution in [3.8, 4) is 0 Å². The fourth-order valence-corrected chi connectivity index (χ4v) is 4.31. The van der Waals surface area contributed by atoms with Crippen molar-refractivity contribution in [2.24, 2.45) is 0 Å². The van der Waals surface area contributed by atoms with Gasteiger partial charge in [0.15, 0.2) is 5.13 Å². The lowest BCUT2D eigenvalue weighted by atomic mass is 9.87. The predicted molar refractivity (Wildman–Crippen MR) is 114 cm³/mol. The SMILES string of the molecule is Cc1nc(NC(=O)c2ccc(C(C)(C)C)cc2)sc1C(=O)NC1CCCCC1. The van der Waals surface area contributed by atoms with E-state index in [1.807, 2.05) is 24.3 Å². The second kappa shape index (κ2) is 8.43. The molecule has 1 heterocycles. The largest absolute Gasteiger partial charge is 0.349 e. The third-order valence-corrected chi connectivity index (χ3v) is 6.25. The van der Waals surface area contributed by atoms with Gasteiger partial charge in [-0.2, -0.15) is 0 Å². The molecule has 1 fully saturated rings. The molecule has 1 aliphatic rings. The molecule has 3 rings (SSSR count). The molecular formula is C22H29N3O2S. The molecule has 2 N–H and O–H groups in total. The highest BCUT2D eigenvalue weighted by Gasteiger charge is 2.21. The summed E-state index contributed by atoms with van der Waals surface area (Å²) >= 11 is 1.23. The first kappa shape index (κ1) is 20.5. The molecular weight excluding hydrogens is 370 g/mol. The number of anilines is 1. The van der Waals surface area contributed by atoms with Crippen molar-refractivity contribution in [1.82, 2.24) is 10.3 Å². The van der Waals surface area contributed by atoms with E-state index in [4.69, 9.17) is 0 Å². The molecule has 1 aliphatic carbocycles. The van der Waals surface area contributed by atoms with E-state index in [2.05, 4.69) is 36.4 Å². The zero-order chi connectivity index (χ0) is 20.3. The van der Waals surface area contributed by atoms with E-state index in [9.17, 15) is 9.59 Å². The Morgan fingerprint density at radius 1 is 1.04 bits per heavy atom. The first-order valence-electron chi connectivity index (χ1n) is 9.94. The molecule has 0 bridgehead atoms. The normalized spacial score (nSPS) is 15.3. The molecule has 2 amide bonds. The van der Waals surface area contributed by atoms with E-state index < -0.39 is 0 Å². The number of nitrogens with one attached hydrogen (secondary N) is 2. The van der Waals surface area contributed by atoms with Gasteiger partial charge in [-0.15, -0.1) is 0 Å². The summed E-state index contributed by atoms with van der Waals surface area (Å²) < 4.78 is 0. The molecule has 0 saturated heterocycles. The van der Waals surface area contributed by atoms with Gasteiger partial charge in [-0.25, -0.2) is 4.98 Å². The van der Waals surface area contributed by atoms with Crippen LogP contribution in [0.3, 0.4) is 0 Å². The summed E-state index contributed by atoms with van der Waals surface area (Å²) in [4.78, 5) is 30.1. The molecule has 6 heteroatoms. The molecule has 28 heavy (non-hydrogen) atoms. The minimum atomic E-state index is -0.214. The fraction of sp³-hybridized carbons (Fsp3) is 0.500. The molecule has 0 unspecified atom stereocenters. The van der Waals surface area contributed by atoms with E-state index in [1.165, 1.54) is 36.2 Å². The number of benzene rings is 1. The van der Waals surface area contributed by atoms with Gasteiger partial charge in [-0.3, -0.25) is 14.9 Å². The quantitative estimate of drug-likeness (QED) is 0.754. The summed E-state index contributed by atoms with van der Waals surface area (Å²) in [7, 11) is 0. The second-order valence-electron chi connectivity index (χ2n) is 8.52. The number of carbonyl (C=O) groups is 2. The van der Waals surface area contributed by atoms with Gasteiger partial charge in [0, 0.05) is 11.6 Å². The van der Waals surface area contributed by atoms with Gasteiger partial charge in [-0.1, -0.05) is 63.5 Å². The maximum atomic E-state index is 12.6. The van der Waals surface area contributed by atoms with Gasteiger partial charge in [0.1, 0.15) is 4.88 Å². The Morgan fingerprint density at radius 3 is 2.29 bits per heavy atom. The number of aromatic nitrogens is 1. The summed E-state index contributed by atoms with van der Waals surface area (Å²) in [6.07, 6.45) is 5.66. The minimum absolute atomic E-state index is 0.0437. The monoisotopic (exact) mass is 399 g/mol. The molecule has 5 nitrogen and oxygen atoms in total. The summed E-state index contributed by atoms with van der Waals surface area (Å²) in [5, 5.41) is 6.39. The fourth-order valence-electron chi connectivity index (χ4n) is 3.45. The molecule has 1 aromatic heterocycles. The molecule has 0 atom stereocenters. The maximum absolute atomic E-state index is 12.6. The average Bonchev–Trinajstić information content (AvgIpc) is 3.02. The van der Waals surface area contributed by atoms with Crippen molar-refractivity contribution in [2.45, 2.75) is 71.3 Å². The lowest BCUT2D eigenvalue weighted by Gasteiger charge is -2.22. The van der Waals surface area contributed by atoms with Gasteiger partial charge in [0.25, 0.3) is 11.8 Å². The Kier molecular flexibility index (Phi) is 6.18. The van der Waals surface area contributed by atoms with E-state index in [0.717, 1.165) is 12.8 Å². The van der Waals surface area contributed by atoms with Crippen LogP contribution in [-0.4, -0.2) is 22.8 Å². The standard InChI is InChI=1S/C22H29N3O2S/c1-14-18(20(27)24-17-8-6-5-7-9-17)28-21(23-14)25-19(26)15-10-12-16(13-11-15)22(2,3)4/h10-13,17H,5-9H2,1-4H3,(H,24,27)(H,23,25,26). The van der Waals surface area contributed by atoms with Crippen LogP contribution in [-0.2, 0) is 5.41 Å². The number of aryl methyl sites for hydroxylation is 1. The van der Waals surface area contributed by atoms with E-state index in [0.29, 0.717) is 21.3 Å². The van der Waals surface area contributed by atoms with Crippen LogP contribution in [0.4, 0.5) is 5.13 Å². The van der Waals surface area contributed by atoms with Crippen LogP contribution in [0.5, 0.6) is 0 Å². The number of nitrogens with zero attached hydrogens (tertiary/aromatic N) is 1. The van der Waals surface area contributed by atoms with Gasteiger partial charge >= 0.3 is 0 Å². The van der Waals surface area contributed by atoms with Crippen molar-refractivity contribution in [2.75, 3.05) is 5.32 Å². The number of hydrogen-bond donors (Lipinski definition) is 2. The van der Waals surface area contributed by atoms with Crippen molar-refractivity contribution in [3.05, 3.63) is 46.0 Å². The maximum Gasteiger partial charge on any atom is 0.263 e. The highest BCUT2D eigenvalue weighted by Crippen LogP contribution is 2.26. The number of carbonyl (C=O) groups excluding carboxylic acids is 2. The van der Waals surface area contributed by atoms with Gasteiger partial charge in [-0.05, 0) is 42.9 Å². The molecule has 2 aromatic rings. The Morgan fingerprint density at radius 2 is 1.68 bits per heavy atom. The van der Waals surface area contributed by atoms with Gasteiger partial charge < -0.3 is 5.32 Å². The number of amides is 2. The van der Waals surface area contributed by atoms with Crippen LogP contribution in [0.1, 0.15) is 84.2 Å². The van der Waals surface area contributed by atoms with Crippen molar-refractivity contribution >= 4 is 28.3 Å². The smallest absolute Gasteiger partial charge is 0.263 e. The predicted octanol–water partition coefficient (Wildman–Crippen LogP) is 5.06.